The molecule has 0 bridgehead atoms. The molecule has 0 aromatic rings. The van der Waals surface area contributed by atoms with E-state index >= 15 is 0 Å². The van der Waals surface area contributed by atoms with Crippen LogP contribution in [0.1, 0.15) is 12.8 Å². The summed E-state index contributed by atoms with van der Waals surface area (Å²) in [6.45, 7) is 1.32. The van der Waals surface area contributed by atoms with Crippen molar-refractivity contribution in [2.45, 2.75) is 12.8 Å². The second-order valence-electron chi connectivity index (χ2n) is 2.92. The maximum Gasteiger partial charge on any atom is 0.283 e. The summed E-state index contributed by atoms with van der Waals surface area (Å²) < 4.78 is 0.0514. The zero-order chi connectivity index (χ0) is 9.14. The molecule has 68 valence electrons. The standard InChI is InChI=1S/C7H11IN2O2/c8-7(12)10-3-1-5(2-4-10)6(9)11/h5H,1-4H2,(H2,9,11). The van der Waals surface area contributed by atoms with Crippen LogP contribution in [0.15, 0.2) is 0 Å². The fraction of sp³-hybridized carbons (Fsp3) is 0.714. The third kappa shape index (κ3) is 2.33. The lowest BCUT2D eigenvalue weighted by Gasteiger charge is -2.28. The first-order valence-electron chi connectivity index (χ1n) is 3.85. The lowest BCUT2D eigenvalue weighted by Crippen LogP contribution is -2.39. The van der Waals surface area contributed by atoms with Crippen molar-refractivity contribution in [3.8, 4) is 0 Å². The molecule has 0 spiro atoms. The topological polar surface area (TPSA) is 63.4 Å². The normalized spacial score (nSPS) is 19.2. The van der Waals surface area contributed by atoms with E-state index in [0.29, 0.717) is 25.9 Å². The molecule has 2 amide bonds. The van der Waals surface area contributed by atoms with Gasteiger partial charge in [0, 0.05) is 41.6 Å². The molecule has 0 unspecified atom stereocenters. The highest BCUT2D eigenvalue weighted by Gasteiger charge is 2.24. The molecule has 1 aliphatic heterocycles. The quantitative estimate of drug-likeness (QED) is 0.438. The van der Waals surface area contributed by atoms with Crippen molar-refractivity contribution in [1.29, 1.82) is 0 Å². The molecular weight excluding hydrogens is 271 g/mol. The summed E-state index contributed by atoms with van der Waals surface area (Å²) in [5.41, 5.74) is 5.14. The van der Waals surface area contributed by atoms with Gasteiger partial charge in [0.05, 0.1) is 0 Å². The zero-order valence-electron chi connectivity index (χ0n) is 6.62. The van der Waals surface area contributed by atoms with Crippen molar-refractivity contribution in [2.24, 2.45) is 11.7 Å². The number of piperidine rings is 1. The van der Waals surface area contributed by atoms with Crippen LogP contribution >= 0.6 is 22.6 Å². The minimum absolute atomic E-state index is 0.0306. The third-order valence-electron chi connectivity index (χ3n) is 2.15. The van der Waals surface area contributed by atoms with Gasteiger partial charge in [-0.05, 0) is 12.8 Å². The van der Waals surface area contributed by atoms with E-state index in [1.54, 1.807) is 27.5 Å². The maximum absolute atomic E-state index is 10.9. The molecule has 0 aromatic heterocycles. The molecule has 1 aliphatic rings. The van der Waals surface area contributed by atoms with Crippen LogP contribution in [0.3, 0.4) is 0 Å². The van der Waals surface area contributed by atoms with Crippen molar-refractivity contribution in [1.82, 2.24) is 4.90 Å². The number of likely N-dealkylation sites (tertiary alicyclic amines) is 1. The Hall–Kier alpha value is -0.330. The van der Waals surface area contributed by atoms with Crippen LogP contribution in [0.25, 0.3) is 0 Å². The summed E-state index contributed by atoms with van der Waals surface area (Å²) in [7, 11) is 0. The zero-order valence-corrected chi connectivity index (χ0v) is 8.78. The fourth-order valence-electron chi connectivity index (χ4n) is 1.34. The second kappa shape index (κ2) is 4.06. The Kier molecular flexibility index (Phi) is 3.30. The van der Waals surface area contributed by atoms with Crippen molar-refractivity contribution >= 4 is 32.4 Å². The first-order chi connectivity index (χ1) is 5.61. The number of primary amides is 1. The van der Waals surface area contributed by atoms with Crippen LogP contribution in [-0.2, 0) is 4.79 Å². The van der Waals surface area contributed by atoms with E-state index in [4.69, 9.17) is 5.73 Å². The van der Waals surface area contributed by atoms with Crippen molar-refractivity contribution in [3.05, 3.63) is 0 Å². The Labute approximate surface area is 84.6 Å². The van der Waals surface area contributed by atoms with Crippen LogP contribution in [0, 0.1) is 5.92 Å². The average Bonchev–Trinajstić information content (AvgIpc) is 2.04. The summed E-state index contributed by atoms with van der Waals surface area (Å²) in [5, 5.41) is 0. The molecular formula is C7H11IN2O2. The number of carbonyl (C=O) groups is 2. The highest BCUT2D eigenvalue weighted by molar-refractivity contribution is 14.1. The highest BCUT2D eigenvalue weighted by Crippen LogP contribution is 2.18. The fourth-order valence-corrected chi connectivity index (χ4v) is 1.82. The molecule has 2 N–H and O–H groups in total. The van der Waals surface area contributed by atoms with Crippen molar-refractivity contribution in [3.63, 3.8) is 0 Å². The molecule has 1 heterocycles. The van der Waals surface area contributed by atoms with Gasteiger partial charge in [-0.2, -0.15) is 0 Å². The number of hydrogen-bond donors (Lipinski definition) is 1. The Balaban J connectivity index is 2.39. The Morgan fingerprint density at radius 3 is 2.17 bits per heavy atom. The third-order valence-corrected chi connectivity index (χ3v) is 2.83. The Bertz CT molecular complexity index is 178. The lowest BCUT2D eigenvalue weighted by atomic mass is 9.97. The van der Waals surface area contributed by atoms with Crippen LogP contribution in [-0.4, -0.2) is 27.8 Å². The number of amides is 2. The predicted octanol–water partition coefficient (Wildman–Crippen LogP) is 0.739. The van der Waals surface area contributed by atoms with E-state index in [0.717, 1.165) is 0 Å². The van der Waals surface area contributed by atoms with E-state index in [-0.39, 0.29) is 15.7 Å². The van der Waals surface area contributed by atoms with E-state index in [2.05, 4.69) is 0 Å². The molecule has 1 rings (SSSR count). The van der Waals surface area contributed by atoms with Gasteiger partial charge in [-0.1, -0.05) is 0 Å². The highest BCUT2D eigenvalue weighted by atomic mass is 127. The molecule has 0 aliphatic carbocycles. The summed E-state index contributed by atoms with van der Waals surface area (Å²) in [5.74, 6) is -0.271. The molecule has 0 radical (unpaired) electrons. The average molecular weight is 282 g/mol. The van der Waals surface area contributed by atoms with Crippen LogP contribution in [0.4, 0.5) is 4.79 Å². The molecule has 12 heavy (non-hydrogen) atoms. The largest absolute Gasteiger partial charge is 0.369 e. The summed E-state index contributed by atoms with van der Waals surface area (Å²) >= 11 is 1.76. The first-order valence-corrected chi connectivity index (χ1v) is 4.93. The Morgan fingerprint density at radius 1 is 1.33 bits per heavy atom. The minimum atomic E-state index is -0.240. The molecule has 0 aromatic carbocycles. The first kappa shape index (κ1) is 9.76. The van der Waals surface area contributed by atoms with E-state index < -0.39 is 0 Å². The number of halogens is 1. The molecule has 0 saturated carbocycles. The predicted molar refractivity (Wildman–Crippen MR) is 52.9 cm³/mol. The second-order valence-corrected chi connectivity index (χ2v) is 3.84. The molecule has 0 atom stereocenters. The molecule has 4 nitrogen and oxygen atoms in total. The molecule has 5 heteroatoms. The van der Waals surface area contributed by atoms with Crippen molar-refractivity contribution < 1.29 is 9.59 Å². The van der Waals surface area contributed by atoms with Crippen molar-refractivity contribution in [2.75, 3.05) is 13.1 Å². The number of carbonyl (C=O) groups excluding carboxylic acids is 2. The number of nitrogens with two attached hydrogens (primary N) is 1. The summed E-state index contributed by atoms with van der Waals surface area (Å²) in [6.07, 6.45) is 1.42. The number of rotatable bonds is 1. The van der Waals surface area contributed by atoms with E-state index in [1.807, 2.05) is 0 Å². The summed E-state index contributed by atoms with van der Waals surface area (Å²) in [4.78, 5) is 23.4. The van der Waals surface area contributed by atoms with Crippen LogP contribution in [0.5, 0.6) is 0 Å². The molecule has 1 fully saturated rings. The van der Waals surface area contributed by atoms with Gasteiger partial charge in [-0.25, -0.2) is 0 Å². The number of nitrogens with zero attached hydrogens (tertiary/aromatic N) is 1. The van der Waals surface area contributed by atoms with Gasteiger partial charge in [0.25, 0.3) is 3.91 Å². The van der Waals surface area contributed by atoms with Gasteiger partial charge in [0.2, 0.25) is 5.91 Å². The lowest BCUT2D eigenvalue weighted by molar-refractivity contribution is -0.122. The van der Waals surface area contributed by atoms with E-state index in [9.17, 15) is 9.59 Å². The smallest absolute Gasteiger partial charge is 0.283 e. The van der Waals surface area contributed by atoms with Gasteiger partial charge < -0.3 is 10.6 Å². The van der Waals surface area contributed by atoms with Gasteiger partial charge >= 0.3 is 0 Å². The van der Waals surface area contributed by atoms with Gasteiger partial charge in [-0.15, -0.1) is 0 Å². The van der Waals surface area contributed by atoms with Gasteiger partial charge in [-0.3, -0.25) is 9.59 Å². The maximum atomic E-state index is 10.9. The molecule has 1 saturated heterocycles. The van der Waals surface area contributed by atoms with Crippen LogP contribution < -0.4 is 5.73 Å². The monoisotopic (exact) mass is 282 g/mol. The number of hydrogen-bond acceptors (Lipinski definition) is 2. The van der Waals surface area contributed by atoms with Crippen LogP contribution in [0.2, 0.25) is 0 Å². The van der Waals surface area contributed by atoms with Gasteiger partial charge in [0.1, 0.15) is 0 Å². The van der Waals surface area contributed by atoms with Gasteiger partial charge in [0.15, 0.2) is 0 Å². The summed E-state index contributed by atoms with van der Waals surface area (Å²) in [6, 6.07) is 0. The minimum Gasteiger partial charge on any atom is -0.369 e. The van der Waals surface area contributed by atoms with E-state index in [1.165, 1.54) is 0 Å². The SMILES string of the molecule is NC(=O)C1CCN(C(=O)I)CC1. The Morgan fingerprint density at radius 2 is 1.83 bits per heavy atom.